The third-order valence-electron chi connectivity index (χ3n) is 5.10. The molecule has 2 aliphatic heterocycles. The number of H-pyrrole nitrogens is 1. The number of likely N-dealkylation sites (tertiary alicyclic amines) is 1. The number of aromatic amines is 1. The molecule has 3 heterocycles. The van der Waals surface area contributed by atoms with Crippen LogP contribution < -0.4 is 5.69 Å². The van der Waals surface area contributed by atoms with Crippen LogP contribution in [-0.2, 0) is 17.0 Å². The maximum absolute atomic E-state index is 12.4. The Bertz CT molecular complexity index is 833. The van der Waals surface area contributed by atoms with Crippen molar-refractivity contribution >= 4 is 17.7 Å². The highest BCUT2D eigenvalue weighted by Crippen LogP contribution is 2.22. The molecule has 144 valence electrons. The number of nitrogens with one attached hydrogen (secondary N) is 1. The molecule has 7 nitrogen and oxygen atoms in total. The Balaban J connectivity index is 1.37. The number of carbonyl (C=O) groups is 1. The summed E-state index contributed by atoms with van der Waals surface area (Å²) < 4.78 is 7.29. The number of hydrogen-bond acceptors (Lipinski definition) is 5. The lowest BCUT2D eigenvalue weighted by molar-refractivity contribution is 0.0793. The van der Waals surface area contributed by atoms with E-state index in [0.717, 1.165) is 56.5 Å². The summed E-state index contributed by atoms with van der Waals surface area (Å²) in [7, 11) is 0. The van der Waals surface area contributed by atoms with Gasteiger partial charge in [-0.25, -0.2) is 9.89 Å². The molecule has 1 aromatic heterocycles. The molecule has 0 spiro atoms. The summed E-state index contributed by atoms with van der Waals surface area (Å²) in [5.41, 5.74) is 1.64. The predicted molar refractivity (Wildman–Crippen MR) is 103 cm³/mol. The Morgan fingerprint density at radius 2 is 2.00 bits per heavy atom. The van der Waals surface area contributed by atoms with E-state index in [1.807, 2.05) is 29.2 Å². The lowest BCUT2D eigenvalue weighted by Gasteiger charge is -2.15. The molecule has 0 aliphatic carbocycles. The fourth-order valence-corrected chi connectivity index (χ4v) is 4.47. The molecule has 8 heteroatoms. The van der Waals surface area contributed by atoms with Crippen molar-refractivity contribution in [1.29, 1.82) is 0 Å². The van der Waals surface area contributed by atoms with Gasteiger partial charge in [-0.1, -0.05) is 23.9 Å². The minimum Gasteiger partial charge on any atom is -0.376 e. The van der Waals surface area contributed by atoms with Crippen LogP contribution in [0, 0.1) is 0 Å². The van der Waals surface area contributed by atoms with E-state index in [1.165, 1.54) is 11.8 Å². The summed E-state index contributed by atoms with van der Waals surface area (Å²) in [4.78, 5) is 26.3. The van der Waals surface area contributed by atoms with Gasteiger partial charge in [0.25, 0.3) is 5.91 Å². The zero-order chi connectivity index (χ0) is 18.6. The van der Waals surface area contributed by atoms with Crippen LogP contribution in [0.25, 0.3) is 0 Å². The number of thioether (sulfide) groups is 1. The second-order valence-electron chi connectivity index (χ2n) is 7.04. The highest BCUT2D eigenvalue weighted by molar-refractivity contribution is 7.98. The van der Waals surface area contributed by atoms with E-state index in [2.05, 4.69) is 10.2 Å². The van der Waals surface area contributed by atoms with Crippen LogP contribution >= 0.6 is 11.8 Å². The van der Waals surface area contributed by atoms with Gasteiger partial charge in [-0.15, -0.1) is 5.10 Å². The molecule has 2 aliphatic rings. The van der Waals surface area contributed by atoms with Gasteiger partial charge in [0.2, 0.25) is 0 Å². The normalized spacial score (nSPS) is 19.7. The first-order valence-corrected chi connectivity index (χ1v) is 10.5. The first-order valence-electron chi connectivity index (χ1n) is 9.48. The minimum absolute atomic E-state index is 0.0931. The highest BCUT2D eigenvalue weighted by atomic mass is 32.2. The van der Waals surface area contributed by atoms with Crippen molar-refractivity contribution in [2.75, 3.05) is 19.7 Å². The van der Waals surface area contributed by atoms with Crippen LogP contribution in [0.4, 0.5) is 0 Å². The minimum atomic E-state index is -0.195. The van der Waals surface area contributed by atoms with Crippen molar-refractivity contribution in [2.24, 2.45) is 0 Å². The van der Waals surface area contributed by atoms with Gasteiger partial charge in [0.15, 0.2) is 5.16 Å². The number of carbonyl (C=O) groups excluding carboxylic acids is 1. The standard InChI is InChI=1S/C19H24N4O3S/c24-17(22-9-1-2-10-22)15-7-5-14(6-8-15)13-27-19-21-20-18(25)23(19)12-16-4-3-11-26-16/h5-8,16H,1-4,9-13H2,(H,20,25). The van der Waals surface area contributed by atoms with E-state index >= 15 is 0 Å². The van der Waals surface area contributed by atoms with Crippen molar-refractivity contribution in [3.05, 3.63) is 45.9 Å². The average molecular weight is 388 g/mol. The average Bonchev–Trinajstić information content (AvgIpc) is 3.45. The Labute approximate surface area is 162 Å². The Morgan fingerprint density at radius 1 is 1.22 bits per heavy atom. The van der Waals surface area contributed by atoms with Gasteiger partial charge in [-0.2, -0.15) is 0 Å². The SMILES string of the molecule is O=C(c1ccc(CSc2n[nH]c(=O)n2CC2CCCO2)cc1)N1CCCC1. The van der Waals surface area contributed by atoms with E-state index in [4.69, 9.17) is 4.74 Å². The molecular weight excluding hydrogens is 364 g/mol. The van der Waals surface area contributed by atoms with Crippen LogP contribution in [0.2, 0.25) is 0 Å². The number of aromatic nitrogens is 3. The van der Waals surface area contributed by atoms with E-state index in [-0.39, 0.29) is 17.7 Å². The predicted octanol–water partition coefficient (Wildman–Crippen LogP) is 2.28. The third-order valence-corrected chi connectivity index (χ3v) is 6.14. The summed E-state index contributed by atoms with van der Waals surface area (Å²) in [6, 6.07) is 7.73. The zero-order valence-electron chi connectivity index (χ0n) is 15.2. The van der Waals surface area contributed by atoms with Gasteiger partial charge < -0.3 is 9.64 Å². The lowest BCUT2D eigenvalue weighted by Crippen LogP contribution is -2.27. The molecule has 1 N–H and O–H groups in total. The van der Waals surface area contributed by atoms with E-state index in [0.29, 0.717) is 17.5 Å². The number of ether oxygens (including phenoxy) is 1. The van der Waals surface area contributed by atoms with Gasteiger partial charge in [-0.05, 0) is 43.4 Å². The molecular formula is C19H24N4O3S. The molecule has 2 fully saturated rings. The molecule has 1 amide bonds. The number of benzene rings is 1. The smallest absolute Gasteiger partial charge is 0.344 e. The zero-order valence-corrected chi connectivity index (χ0v) is 16.0. The second kappa shape index (κ2) is 8.31. The second-order valence-corrected chi connectivity index (χ2v) is 7.98. The first kappa shape index (κ1) is 18.3. The van der Waals surface area contributed by atoms with Gasteiger partial charge in [-0.3, -0.25) is 9.36 Å². The van der Waals surface area contributed by atoms with Crippen molar-refractivity contribution < 1.29 is 9.53 Å². The maximum Gasteiger partial charge on any atom is 0.344 e. The molecule has 0 bridgehead atoms. The van der Waals surface area contributed by atoms with E-state index in [9.17, 15) is 9.59 Å². The monoisotopic (exact) mass is 388 g/mol. The van der Waals surface area contributed by atoms with Gasteiger partial charge in [0.05, 0.1) is 12.6 Å². The third kappa shape index (κ3) is 4.27. The summed E-state index contributed by atoms with van der Waals surface area (Å²) in [5.74, 6) is 0.804. The Hall–Kier alpha value is -2.06. The lowest BCUT2D eigenvalue weighted by atomic mass is 10.1. The number of hydrogen-bond donors (Lipinski definition) is 1. The molecule has 1 aromatic carbocycles. The topological polar surface area (TPSA) is 80.2 Å². The summed E-state index contributed by atoms with van der Waals surface area (Å²) in [6.07, 6.45) is 4.31. The van der Waals surface area contributed by atoms with E-state index in [1.54, 1.807) is 4.57 Å². The van der Waals surface area contributed by atoms with E-state index < -0.39 is 0 Å². The van der Waals surface area contributed by atoms with Crippen LogP contribution in [0.15, 0.2) is 34.2 Å². The summed E-state index contributed by atoms with van der Waals surface area (Å²) in [6.45, 7) is 3.03. The van der Waals surface area contributed by atoms with Gasteiger partial charge in [0.1, 0.15) is 0 Å². The van der Waals surface area contributed by atoms with Crippen molar-refractivity contribution in [2.45, 2.75) is 49.2 Å². The summed E-state index contributed by atoms with van der Waals surface area (Å²) in [5, 5.41) is 7.35. The van der Waals surface area contributed by atoms with Crippen LogP contribution in [0.1, 0.15) is 41.6 Å². The molecule has 1 atom stereocenters. The van der Waals surface area contributed by atoms with Crippen molar-refractivity contribution in [3.63, 3.8) is 0 Å². The van der Waals surface area contributed by atoms with Gasteiger partial charge >= 0.3 is 5.69 Å². The highest BCUT2D eigenvalue weighted by Gasteiger charge is 2.20. The molecule has 0 radical (unpaired) electrons. The molecule has 4 rings (SSSR count). The van der Waals surface area contributed by atoms with Crippen LogP contribution in [-0.4, -0.2) is 51.4 Å². The largest absolute Gasteiger partial charge is 0.376 e. The Morgan fingerprint density at radius 3 is 2.70 bits per heavy atom. The molecule has 27 heavy (non-hydrogen) atoms. The summed E-state index contributed by atoms with van der Waals surface area (Å²) >= 11 is 1.51. The number of nitrogens with zero attached hydrogens (tertiary/aromatic N) is 3. The molecule has 2 aromatic rings. The quantitative estimate of drug-likeness (QED) is 0.768. The fourth-order valence-electron chi connectivity index (χ4n) is 3.56. The molecule has 2 saturated heterocycles. The fraction of sp³-hybridized carbons (Fsp3) is 0.526. The van der Waals surface area contributed by atoms with Gasteiger partial charge in [0, 0.05) is 31.0 Å². The Kier molecular flexibility index (Phi) is 5.63. The van der Waals surface area contributed by atoms with Crippen molar-refractivity contribution in [3.8, 4) is 0 Å². The van der Waals surface area contributed by atoms with Crippen molar-refractivity contribution in [1.82, 2.24) is 19.7 Å². The first-order chi connectivity index (χ1) is 13.2. The molecule has 0 saturated carbocycles. The van der Waals surface area contributed by atoms with Crippen LogP contribution in [0.5, 0.6) is 0 Å². The number of rotatable bonds is 6. The molecule has 1 unspecified atom stereocenters. The maximum atomic E-state index is 12.4. The number of amides is 1. The van der Waals surface area contributed by atoms with Crippen LogP contribution in [0.3, 0.4) is 0 Å².